The molecular formula is C5H7N5O. The van der Waals surface area contributed by atoms with Gasteiger partial charge in [0.2, 0.25) is 0 Å². The molecule has 0 aromatic rings. The summed E-state index contributed by atoms with van der Waals surface area (Å²) in [5.41, 5.74) is 1.32. The fraction of sp³-hybridized carbons (Fsp3) is 0.200. The van der Waals surface area contributed by atoms with Crippen LogP contribution < -0.4 is 5.84 Å². The van der Waals surface area contributed by atoms with Crippen LogP contribution in [0.3, 0.4) is 0 Å². The van der Waals surface area contributed by atoms with Crippen LogP contribution in [0.15, 0.2) is 34.0 Å². The van der Waals surface area contributed by atoms with Crippen molar-refractivity contribution in [2.75, 3.05) is 6.67 Å². The Labute approximate surface area is 62.8 Å². The molecule has 0 aliphatic carbocycles. The summed E-state index contributed by atoms with van der Waals surface area (Å²) in [6, 6.07) is 0. The van der Waals surface area contributed by atoms with E-state index in [-0.39, 0.29) is 6.67 Å². The lowest BCUT2D eigenvalue weighted by Crippen LogP contribution is -2.41. The summed E-state index contributed by atoms with van der Waals surface area (Å²) in [6.45, 7) is 0.236. The first kappa shape index (κ1) is 6.32. The second-order valence-electron chi connectivity index (χ2n) is 2.29. The summed E-state index contributed by atoms with van der Waals surface area (Å²) in [7, 11) is 0. The standard InChI is InChI=1S/C5H7N5O/c6-10-3-9(11)2-4-5(10)1-7-8-4/h1-2,11H,3,6H2. The Morgan fingerprint density at radius 3 is 3.27 bits per heavy atom. The van der Waals surface area contributed by atoms with Crippen molar-refractivity contribution in [2.45, 2.75) is 0 Å². The molecule has 0 fully saturated rings. The number of nitrogens with zero attached hydrogens (tertiary/aromatic N) is 4. The molecule has 6 heteroatoms. The van der Waals surface area contributed by atoms with Crippen molar-refractivity contribution < 1.29 is 5.21 Å². The van der Waals surface area contributed by atoms with Gasteiger partial charge in [-0.3, -0.25) is 10.2 Å². The molecule has 2 heterocycles. The first-order valence-corrected chi connectivity index (χ1v) is 3.08. The maximum Gasteiger partial charge on any atom is 0.130 e. The third kappa shape index (κ3) is 0.883. The summed E-state index contributed by atoms with van der Waals surface area (Å²) < 4.78 is 0. The van der Waals surface area contributed by atoms with E-state index in [1.807, 2.05) is 0 Å². The minimum atomic E-state index is 0.236. The Bertz CT molecular complexity index is 268. The van der Waals surface area contributed by atoms with Crippen LogP contribution in [0.25, 0.3) is 0 Å². The number of nitrogens with two attached hydrogens (primary N) is 1. The minimum Gasteiger partial charge on any atom is -0.287 e. The molecule has 0 saturated heterocycles. The highest BCUT2D eigenvalue weighted by molar-refractivity contribution is 5.31. The van der Waals surface area contributed by atoms with Gasteiger partial charge in [0.05, 0.1) is 12.4 Å². The van der Waals surface area contributed by atoms with E-state index in [2.05, 4.69) is 10.2 Å². The van der Waals surface area contributed by atoms with Crippen LogP contribution in [0.2, 0.25) is 0 Å². The monoisotopic (exact) mass is 153 g/mol. The molecule has 0 amide bonds. The fourth-order valence-electron chi connectivity index (χ4n) is 0.991. The van der Waals surface area contributed by atoms with Crippen LogP contribution in [-0.4, -0.2) is 21.9 Å². The normalized spacial score (nSPS) is 21.6. The quantitative estimate of drug-likeness (QED) is 0.479. The second kappa shape index (κ2) is 2.04. The van der Waals surface area contributed by atoms with Gasteiger partial charge in [0.25, 0.3) is 0 Å². The molecule has 2 aliphatic heterocycles. The first-order chi connectivity index (χ1) is 5.27. The number of hydrogen-bond acceptors (Lipinski definition) is 6. The van der Waals surface area contributed by atoms with Gasteiger partial charge in [-0.05, 0) is 0 Å². The van der Waals surface area contributed by atoms with Crippen LogP contribution in [0, 0.1) is 0 Å². The average molecular weight is 153 g/mol. The summed E-state index contributed by atoms with van der Waals surface area (Å²) >= 11 is 0. The van der Waals surface area contributed by atoms with E-state index in [1.165, 1.54) is 11.2 Å². The van der Waals surface area contributed by atoms with E-state index in [9.17, 15) is 0 Å². The number of hydroxylamine groups is 2. The highest BCUT2D eigenvalue weighted by Gasteiger charge is 2.21. The zero-order chi connectivity index (χ0) is 7.84. The Hall–Kier alpha value is -1.40. The lowest BCUT2D eigenvalue weighted by atomic mass is 10.3. The average Bonchev–Trinajstić information content (AvgIpc) is 2.34. The smallest absolute Gasteiger partial charge is 0.130 e. The lowest BCUT2D eigenvalue weighted by Gasteiger charge is -2.27. The predicted molar refractivity (Wildman–Crippen MR) is 35.5 cm³/mol. The first-order valence-electron chi connectivity index (χ1n) is 3.08. The molecule has 58 valence electrons. The van der Waals surface area contributed by atoms with E-state index in [4.69, 9.17) is 11.0 Å². The fourth-order valence-corrected chi connectivity index (χ4v) is 0.991. The van der Waals surface area contributed by atoms with Gasteiger partial charge in [-0.15, -0.1) is 5.11 Å². The molecule has 0 bridgehead atoms. The second-order valence-corrected chi connectivity index (χ2v) is 2.29. The highest BCUT2D eigenvalue weighted by atomic mass is 16.5. The number of rotatable bonds is 0. The van der Waals surface area contributed by atoms with Crippen molar-refractivity contribution in [2.24, 2.45) is 16.1 Å². The van der Waals surface area contributed by atoms with E-state index in [0.717, 1.165) is 10.8 Å². The minimum absolute atomic E-state index is 0.236. The molecule has 11 heavy (non-hydrogen) atoms. The number of azo groups is 1. The zero-order valence-corrected chi connectivity index (χ0v) is 5.68. The van der Waals surface area contributed by atoms with Crippen molar-refractivity contribution in [1.82, 2.24) is 10.1 Å². The third-order valence-corrected chi connectivity index (χ3v) is 1.49. The van der Waals surface area contributed by atoms with Gasteiger partial charge in [-0.2, -0.15) is 5.11 Å². The Morgan fingerprint density at radius 1 is 1.64 bits per heavy atom. The van der Waals surface area contributed by atoms with Gasteiger partial charge in [0, 0.05) is 0 Å². The number of hydrazine groups is 1. The summed E-state index contributed by atoms with van der Waals surface area (Å²) in [6.07, 6.45) is 3.03. The van der Waals surface area contributed by atoms with Crippen LogP contribution >= 0.6 is 0 Å². The topological polar surface area (TPSA) is 77.5 Å². The van der Waals surface area contributed by atoms with Gasteiger partial charge >= 0.3 is 0 Å². The lowest BCUT2D eigenvalue weighted by molar-refractivity contribution is -0.0802. The molecule has 2 rings (SSSR count). The largest absolute Gasteiger partial charge is 0.287 e. The van der Waals surface area contributed by atoms with Crippen LogP contribution in [0.5, 0.6) is 0 Å². The zero-order valence-electron chi connectivity index (χ0n) is 5.68. The molecular weight excluding hydrogens is 146 g/mol. The van der Waals surface area contributed by atoms with Gasteiger partial charge in [-0.1, -0.05) is 0 Å². The number of fused-ring (bicyclic) bond motifs is 1. The molecule has 0 atom stereocenters. The maximum absolute atomic E-state index is 9.03. The Kier molecular flexibility index (Phi) is 1.17. The van der Waals surface area contributed by atoms with Crippen molar-refractivity contribution in [3.05, 3.63) is 23.8 Å². The molecule has 0 aromatic carbocycles. The number of hydrogen-bond donors (Lipinski definition) is 2. The van der Waals surface area contributed by atoms with Crippen LogP contribution in [0.4, 0.5) is 0 Å². The van der Waals surface area contributed by atoms with E-state index >= 15 is 0 Å². The predicted octanol–water partition coefficient (Wildman–Crippen LogP) is -0.0270. The summed E-state index contributed by atoms with van der Waals surface area (Å²) in [5, 5.41) is 18.7. The van der Waals surface area contributed by atoms with E-state index in [0.29, 0.717) is 5.70 Å². The molecule has 0 aromatic heterocycles. The van der Waals surface area contributed by atoms with Gasteiger partial charge in [0.1, 0.15) is 18.1 Å². The summed E-state index contributed by atoms with van der Waals surface area (Å²) in [4.78, 5) is 0. The van der Waals surface area contributed by atoms with Crippen LogP contribution in [-0.2, 0) is 0 Å². The van der Waals surface area contributed by atoms with E-state index in [1.54, 1.807) is 6.20 Å². The van der Waals surface area contributed by atoms with Crippen molar-refractivity contribution in [1.29, 1.82) is 0 Å². The molecule has 0 radical (unpaired) electrons. The van der Waals surface area contributed by atoms with Gasteiger partial charge in [-0.25, -0.2) is 10.9 Å². The molecule has 3 N–H and O–H groups in total. The van der Waals surface area contributed by atoms with Crippen molar-refractivity contribution in [3.63, 3.8) is 0 Å². The Balaban J connectivity index is 2.37. The molecule has 0 spiro atoms. The van der Waals surface area contributed by atoms with Gasteiger partial charge in [0.15, 0.2) is 0 Å². The molecule has 0 unspecified atom stereocenters. The Morgan fingerprint density at radius 2 is 2.45 bits per heavy atom. The molecule has 6 nitrogen and oxygen atoms in total. The van der Waals surface area contributed by atoms with Crippen LogP contribution in [0.1, 0.15) is 0 Å². The SMILES string of the molecule is NN1CN(O)C=C2N=NC=C21. The third-order valence-electron chi connectivity index (χ3n) is 1.49. The molecule has 0 saturated carbocycles. The van der Waals surface area contributed by atoms with E-state index < -0.39 is 0 Å². The van der Waals surface area contributed by atoms with Crippen molar-refractivity contribution >= 4 is 0 Å². The summed E-state index contributed by atoms with van der Waals surface area (Å²) in [5.74, 6) is 5.51. The van der Waals surface area contributed by atoms with Crippen molar-refractivity contribution in [3.8, 4) is 0 Å². The van der Waals surface area contributed by atoms with Gasteiger partial charge < -0.3 is 0 Å². The molecule has 2 aliphatic rings. The maximum atomic E-state index is 9.03. The highest BCUT2D eigenvalue weighted by Crippen LogP contribution is 2.24.